The highest BCUT2D eigenvalue weighted by Crippen LogP contribution is 2.28. The van der Waals surface area contributed by atoms with Gasteiger partial charge in [0.05, 0.1) is 6.42 Å². The van der Waals surface area contributed by atoms with Crippen molar-refractivity contribution in [1.29, 1.82) is 0 Å². The van der Waals surface area contributed by atoms with Crippen molar-refractivity contribution in [3.63, 3.8) is 0 Å². The molecule has 0 saturated carbocycles. The van der Waals surface area contributed by atoms with E-state index in [0.717, 1.165) is 36.6 Å². The van der Waals surface area contributed by atoms with Gasteiger partial charge in [0.2, 0.25) is 0 Å². The molecule has 0 spiro atoms. The standard InChI is InChI=1S/C20H24N2O2S/c1-15-6-7-16(2)19(12-15)21-8-10-22(11-9-21)25-18-5-3-4-17(13-18)14-20(23)24/h3-7,12-13H,8-11,14H2,1-2H3,(H,23,24). The topological polar surface area (TPSA) is 43.8 Å². The molecular formula is C20H24N2O2S. The van der Waals surface area contributed by atoms with E-state index in [4.69, 9.17) is 5.11 Å². The summed E-state index contributed by atoms with van der Waals surface area (Å²) >= 11 is 1.72. The summed E-state index contributed by atoms with van der Waals surface area (Å²) in [7, 11) is 0. The summed E-state index contributed by atoms with van der Waals surface area (Å²) in [5.41, 5.74) is 4.82. The van der Waals surface area contributed by atoms with Gasteiger partial charge in [0.1, 0.15) is 0 Å². The van der Waals surface area contributed by atoms with Crippen LogP contribution in [0.2, 0.25) is 0 Å². The highest BCUT2D eigenvalue weighted by molar-refractivity contribution is 7.97. The molecule has 1 aliphatic rings. The highest BCUT2D eigenvalue weighted by Gasteiger charge is 2.19. The largest absolute Gasteiger partial charge is 0.481 e. The second-order valence-corrected chi connectivity index (χ2v) is 7.69. The minimum absolute atomic E-state index is 0.0782. The molecule has 4 nitrogen and oxygen atoms in total. The summed E-state index contributed by atoms with van der Waals surface area (Å²) in [5, 5.41) is 8.94. The third-order valence-electron chi connectivity index (χ3n) is 4.43. The van der Waals surface area contributed by atoms with E-state index in [1.807, 2.05) is 24.3 Å². The molecule has 0 radical (unpaired) electrons. The predicted octanol–water partition coefficient (Wildman–Crippen LogP) is 3.76. The first kappa shape index (κ1) is 17.8. The van der Waals surface area contributed by atoms with Gasteiger partial charge in [-0.05, 0) is 60.7 Å². The summed E-state index contributed by atoms with van der Waals surface area (Å²) in [6.07, 6.45) is 0.0782. The molecular weight excluding hydrogens is 332 g/mol. The number of carbonyl (C=O) groups is 1. The van der Waals surface area contributed by atoms with Crippen LogP contribution in [0, 0.1) is 13.8 Å². The Bertz CT molecular complexity index is 755. The zero-order valence-corrected chi connectivity index (χ0v) is 15.6. The van der Waals surface area contributed by atoms with Crippen molar-refractivity contribution < 1.29 is 9.90 Å². The first-order chi connectivity index (χ1) is 12.0. The minimum Gasteiger partial charge on any atom is -0.481 e. The van der Waals surface area contributed by atoms with Crippen molar-refractivity contribution in [2.75, 3.05) is 31.1 Å². The van der Waals surface area contributed by atoms with E-state index < -0.39 is 5.97 Å². The van der Waals surface area contributed by atoms with Gasteiger partial charge < -0.3 is 10.0 Å². The number of aliphatic carboxylic acids is 1. The summed E-state index contributed by atoms with van der Waals surface area (Å²) in [4.78, 5) is 14.4. The van der Waals surface area contributed by atoms with Crippen LogP contribution in [0.4, 0.5) is 5.69 Å². The number of anilines is 1. The first-order valence-electron chi connectivity index (χ1n) is 8.57. The maximum atomic E-state index is 10.9. The van der Waals surface area contributed by atoms with Gasteiger partial charge in [0, 0.05) is 36.8 Å². The lowest BCUT2D eigenvalue weighted by atomic mass is 10.1. The van der Waals surface area contributed by atoms with E-state index in [0.29, 0.717) is 0 Å². The average molecular weight is 356 g/mol. The van der Waals surface area contributed by atoms with Crippen molar-refractivity contribution in [3.8, 4) is 0 Å². The number of hydrogen-bond donors (Lipinski definition) is 1. The van der Waals surface area contributed by atoms with E-state index in [2.05, 4.69) is 41.3 Å². The number of carboxylic acid groups (broad SMARTS) is 1. The second kappa shape index (κ2) is 7.93. The fraction of sp³-hybridized carbons (Fsp3) is 0.350. The highest BCUT2D eigenvalue weighted by atomic mass is 32.2. The van der Waals surface area contributed by atoms with Crippen LogP contribution < -0.4 is 4.90 Å². The molecule has 3 rings (SSSR count). The van der Waals surface area contributed by atoms with Gasteiger partial charge >= 0.3 is 5.97 Å². The smallest absolute Gasteiger partial charge is 0.307 e. The number of rotatable bonds is 5. The Balaban J connectivity index is 1.59. The van der Waals surface area contributed by atoms with Crippen LogP contribution in [0.25, 0.3) is 0 Å². The van der Waals surface area contributed by atoms with Crippen LogP contribution in [0.5, 0.6) is 0 Å². The van der Waals surface area contributed by atoms with Gasteiger partial charge in [-0.25, -0.2) is 4.31 Å². The van der Waals surface area contributed by atoms with E-state index in [9.17, 15) is 4.79 Å². The average Bonchev–Trinajstić information content (AvgIpc) is 2.58. The molecule has 132 valence electrons. The molecule has 0 unspecified atom stereocenters. The predicted molar refractivity (Wildman–Crippen MR) is 103 cm³/mol. The Morgan fingerprint density at radius 2 is 1.84 bits per heavy atom. The quantitative estimate of drug-likeness (QED) is 0.827. The molecule has 25 heavy (non-hydrogen) atoms. The molecule has 1 fully saturated rings. The van der Waals surface area contributed by atoms with Gasteiger partial charge in [-0.2, -0.15) is 0 Å². The van der Waals surface area contributed by atoms with Crippen LogP contribution in [-0.2, 0) is 11.2 Å². The summed E-state index contributed by atoms with van der Waals surface area (Å²) < 4.78 is 2.36. The van der Waals surface area contributed by atoms with Crippen molar-refractivity contribution in [2.24, 2.45) is 0 Å². The molecule has 1 heterocycles. The SMILES string of the molecule is Cc1ccc(C)c(N2CCN(Sc3cccc(CC(=O)O)c3)CC2)c1. The Morgan fingerprint density at radius 1 is 1.08 bits per heavy atom. The van der Waals surface area contributed by atoms with Gasteiger partial charge in [-0.1, -0.05) is 24.3 Å². The Hall–Kier alpha value is -1.98. The number of nitrogens with zero attached hydrogens (tertiary/aromatic N) is 2. The van der Waals surface area contributed by atoms with Crippen molar-refractivity contribution in [3.05, 3.63) is 59.2 Å². The molecule has 1 N–H and O–H groups in total. The summed E-state index contributed by atoms with van der Waals surface area (Å²) in [5.74, 6) is -0.788. The zero-order valence-electron chi connectivity index (χ0n) is 14.7. The maximum absolute atomic E-state index is 10.9. The van der Waals surface area contributed by atoms with E-state index >= 15 is 0 Å². The Kier molecular flexibility index (Phi) is 5.66. The summed E-state index contributed by atoms with van der Waals surface area (Å²) in [6, 6.07) is 14.5. The molecule has 0 amide bonds. The van der Waals surface area contributed by atoms with Crippen molar-refractivity contribution in [2.45, 2.75) is 25.2 Å². The molecule has 1 saturated heterocycles. The van der Waals surface area contributed by atoms with Gasteiger partial charge in [0.15, 0.2) is 0 Å². The van der Waals surface area contributed by atoms with Crippen LogP contribution in [0.3, 0.4) is 0 Å². The molecule has 2 aromatic carbocycles. The first-order valence-corrected chi connectivity index (χ1v) is 9.34. The number of carboxylic acids is 1. The molecule has 0 aliphatic carbocycles. The fourth-order valence-corrected chi connectivity index (χ4v) is 4.10. The van der Waals surface area contributed by atoms with Crippen molar-refractivity contribution in [1.82, 2.24) is 4.31 Å². The lowest BCUT2D eigenvalue weighted by Crippen LogP contribution is -2.43. The molecule has 0 atom stereocenters. The van der Waals surface area contributed by atoms with E-state index in [1.54, 1.807) is 11.9 Å². The lowest BCUT2D eigenvalue weighted by Gasteiger charge is -2.36. The van der Waals surface area contributed by atoms with Gasteiger partial charge in [-0.15, -0.1) is 0 Å². The lowest BCUT2D eigenvalue weighted by molar-refractivity contribution is -0.136. The number of benzene rings is 2. The summed E-state index contributed by atoms with van der Waals surface area (Å²) in [6.45, 7) is 8.30. The maximum Gasteiger partial charge on any atom is 0.307 e. The van der Waals surface area contributed by atoms with Gasteiger partial charge in [-0.3, -0.25) is 4.79 Å². The van der Waals surface area contributed by atoms with Crippen LogP contribution in [0.1, 0.15) is 16.7 Å². The molecule has 0 aromatic heterocycles. The number of piperazine rings is 1. The van der Waals surface area contributed by atoms with E-state index in [-0.39, 0.29) is 6.42 Å². The Morgan fingerprint density at radius 3 is 2.56 bits per heavy atom. The molecule has 1 aliphatic heterocycles. The Labute approximate surface area is 153 Å². The second-order valence-electron chi connectivity index (χ2n) is 6.52. The monoisotopic (exact) mass is 356 g/mol. The molecule has 0 bridgehead atoms. The van der Waals surface area contributed by atoms with Gasteiger partial charge in [0.25, 0.3) is 0 Å². The van der Waals surface area contributed by atoms with Crippen LogP contribution in [-0.4, -0.2) is 41.6 Å². The minimum atomic E-state index is -0.788. The number of hydrogen-bond acceptors (Lipinski definition) is 4. The fourth-order valence-electron chi connectivity index (χ4n) is 3.12. The van der Waals surface area contributed by atoms with Crippen molar-refractivity contribution >= 4 is 23.6 Å². The third kappa shape index (κ3) is 4.77. The zero-order chi connectivity index (χ0) is 17.8. The molecule has 2 aromatic rings. The van der Waals surface area contributed by atoms with E-state index in [1.165, 1.54) is 16.8 Å². The van der Waals surface area contributed by atoms with Crippen LogP contribution >= 0.6 is 11.9 Å². The number of aryl methyl sites for hydroxylation is 2. The molecule has 5 heteroatoms. The van der Waals surface area contributed by atoms with Crippen LogP contribution in [0.15, 0.2) is 47.4 Å². The normalized spacial score (nSPS) is 15.4. The third-order valence-corrected chi connectivity index (χ3v) is 5.52.